The molecule has 1 amide bonds. The molecule has 3 fully saturated rings. The minimum atomic E-state index is -0.401. The number of rotatable bonds is 8. The van der Waals surface area contributed by atoms with Crippen molar-refractivity contribution in [3.05, 3.63) is 71.5 Å². The molecule has 3 atom stereocenters. The number of methoxy groups -OCH3 is 1. The van der Waals surface area contributed by atoms with Gasteiger partial charge in [0.1, 0.15) is 5.82 Å². The predicted octanol–water partition coefficient (Wildman–Crippen LogP) is 4.18. The second-order valence-electron chi connectivity index (χ2n) is 11.2. The smallest absolute Gasteiger partial charge is 0.407 e. The van der Waals surface area contributed by atoms with Crippen LogP contribution in [0.4, 0.5) is 9.18 Å². The zero-order valence-corrected chi connectivity index (χ0v) is 21.8. The van der Waals surface area contributed by atoms with Crippen molar-refractivity contribution in [3.63, 3.8) is 0 Å². The topological polar surface area (TPSA) is 65.0 Å². The highest BCUT2D eigenvalue weighted by Crippen LogP contribution is 2.51. The minimum absolute atomic E-state index is 0.0238. The van der Waals surface area contributed by atoms with Crippen molar-refractivity contribution in [1.29, 1.82) is 0 Å². The van der Waals surface area contributed by atoms with Gasteiger partial charge in [0.15, 0.2) is 0 Å². The number of piperidine rings is 1. The number of ether oxygens (including phenoxy) is 1. The molecule has 6 nitrogen and oxygen atoms in total. The van der Waals surface area contributed by atoms with Gasteiger partial charge in [-0.15, -0.1) is 0 Å². The first-order valence-corrected chi connectivity index (χ1v) is 13.7. The summed E-state index contributed by atoms with van der Waals surface area (Å²) in [5, 5.41) is 13.2. The van der Waals surface area contributed by atoms with Gasteiger partial charge in [0.05, 0.1) is 13.2 Å². The summed E-state index contributed by atoms with van der Waals surface area (Å²) < 4.78 is 19.7. The third kappa shape index (κ3) is 5.69. The Labute approximate surface area is 219 Å². The molecular formula is C30H40FN3O3. The monoisotopic (exact) mass is 509 g/mol. The Hall–Kier alpha value is -2.48. The molecule has 2 saturated heterocycles. The van der Waals surface area contributed by atoms with E-state index in [0.29, 0.717) is 19.0 Å². The van der Waals surface area contributed by atoms with E-state index in [2.05, 4.69) is 51.5 Å². The number of nitrogens with zero attached hydrogens (tertiary/aromatic N) is 2. The highest BCUT2D eigenvalue weighted by molar-refractivity contribution is 5.67. The maximum Gasteiger partial charge on any atom is 0.407 e. The third-order valence-corrected chi connectivity index (χ3v) is 9.02. The molecule has 0 unspecified atom stereocenters. The molecular weight excluding hydrogens is 469 g/mol. The van der Waals surface area contributed by atoms with Crippen molar-refractivity contribution in [1.82, 2.24) is 15.1 Å². The van der Waals surface area contributed by atoms with E-state index in [9.17, 15) is 14.3 Å². The SMILES string of the molecule is COC(=O)N[C@H]1CCC[C@@H]1[C@](CN1CC(O)C1)(c1cccc(F)c1)C1CCN(Cc2ccccc2)CC1. The van der Waals surface area contributed by atoms with Crippen LogP contribution >= 0.6 is 0 Å². The number of nitrogens with one attached hydrogen (secondary N) is 1. The van der Waals surface area contributed by atoms with Gasteiger partial charge in [-0.3, -0.25) is 9.80 Å². The van der Waals surface area contributed by atoms with Crippen molar-refractivity contribution in [2.75, 3.05) is 39.8 Å². The van der Waals surface area contributed by atoms with E-state index in [1.807, 2.05) is 6.07 Å². The Balaban J connectivity index is 1.47. The van der Waals surface area contributed by atoms with Gasteiger partial charge >= 0.3 is 6.09 Å². The molecule has 0 radical (unpaired) electrons. The Morgan fingerprint density at radius 2 is 1.81 bits per heavy atom. The van der Waals surface area contributed by atoms with Crippen LogP contribution < -0.4 is 5.32 Å². The lowest BCUT2D eigenvalue weighted by atomic mass is 9.57. The molecule has 7 heteroatoms. The number of aliphatic hydroxyl groups excluding tert-OH is 1. The van der Waals surface area contributed by atoms with Gasteiger partial charge in [0, 0.05) is 37.6 Å². The fraction of sp³-hybridized carbons (Fsp3) is 0.567. The lowest BCUT2D eigenvalue weighted by Gasteiger charge is -2.54. The first-order valence-electron chi connectivity index (χ1n) is 13.7. The number of amides is 1. The van der Waals surface area contributed by atoms with Gasteiger partial charge in [-0.05, 0) is 73.9 Å². The van der Waals surface area contributed by atoms with Crippen LogP contribution in [0.3, 0.4) is 0 Å². The third-order valence-electron chi connectivity index (χ3n) is 9.02. The number of alkyl carbamates (subject to hydrolysis) is 1. The summed E-state index contributed by atoms with van der Waals surface area (Å²) in [6.07, 6.45) is 4.22. The van der Waals surface area contributed by atoms with Crippen molar-refractivity contribution in [2.45, 2.75) is 56.2 Å². The van der Waals surface area contributed by atoms with Crippen LogP contribution in [-0.4, -0.2) is 73.0 Å². The predicted molar refractivity (Wildman–Crippen MR) is 142 cm³/mol. The molecule has 0 spiro atoms. The van der Waals surface area contributed by atoms with Crippen LogP contribution in [-0.2, 0) is 16.7 Å². The maximum absolute atomic E-state index is 14.8. The fourth-order valence-electron chi connectivity index (χ4n) is 7.32. The first-order chi connectivity index (χ1) is 18.0. The van der Waals surface area contributed by atoms with Gasteiger partial charge in [-0.2, -0.15) is 0 Å². The number of halogens is 1. The lowest BCUT2D eigenvalue weighted by molar-refractivity contribution is -0.0385. The molecule has 1 aliphatic carbocycles. The summed E-state index contributed by atoms with van der Waals surface area (Å²) in [4.78, 5) is 17.2. The van der Waals surface area contributed by atoms with Crippen LogP contribution in [0.5, 0.6) is 0 Å². The Bertz CT molecular complexity index is 1040. The standard InChI is InChI=1S/C30H40FN3O3/c1-37-29(36)32-28-12-6-11-27(28)30(21-34-19-26(35)20-34,24-9-5-10-25(31)17-24)23-13-15-33(16-14-23)18-22-7-3-2-4-8-22/h2-5,7-10,17,23,26-28,35H,6,11-16,18-21H2,1H3,(H,32,36)/t27-,28-,30-/m0/s1. The first kappa shape index (κ1) is 26.1. The average molecular weight is 510 g/mol. The summed E-state index contributed by atoms with van der Waals surface area (Å²) in [5.41, 5.74) is 2.02. The van der Waals surface area contributed by atoms with E-state index in [4.69, 9.17) is 4.74 Å². The number of aliphatic hydroxyl groups is 1. The number of carbonyl (C=O) groups is 1. The van der Waals surface area contributed by atoms with Crippen molar-refractivity contribution in [2.24, 2.45) is 11.8 Å². The second kappa shape index (κ2) is 11.5. The molecule has 3 aliphatic rings. The second-order valence-corrected chi connectivity index (χ2v) is 11.2. The quantitative estimate of drug-likeness (QED) is 0.559. The van der Waals surface area contributed by atoms with Gasteiger partial charge < -0.3 is 15.2 Å². The Morgan fingerprint density at radius 1 is 1.05 bits per heavy atom. The average Bonchev–Trinajstić information content (AvgIpc) is 3.35. The van der Waals surface area contributed by atoms with Crippen molar-refractivity contribution >= 4 is 6.09 Å². The summed E-state index contributed by atoms with van der Waals surface area (Å²) in [5.74, 6) is 0.281. The van der Waals surface area contributed by atoms with E-state index in [-0.39, 0.29) is 29.3 Å². The van der Waals surface area contributed by atoms with E-state index < -0.39 is 6.09 Å². The molecule has 37 heavy (non-hydrogen) atoms. The zero-order valence-electron chi connectivity index (χ0n) is 21.8. The number of β-amino-alcohol motifs (C(OH)–C–C–N with tert-alkyl or cyclic N) is 1. The van der Waals surface area contributed by atoms with Crippen molar-refractivity contribution < 1.29 is 19.0 Å². The van der Waals surface area contributed by atoms with Crippen LogP contribution in [0.15, 0.2) is 54.6 Å². The number of benzene rings is 2. The maximum atomic E-state index is 14.8. The number of hydrogen-bond donors (Lipinski definition) is 2. The van der Waals surface area contributed by atoms with Gasteiger partial charge in [-0.25, -0.2) is 9.18 Å². The number of likely N-dealkylation sites (tertiary alicyclic amines) is 2. The molecule has 0 aromatic heterocycles. The number of carbonyl (C=O) groups excluding carboxylic acids is 1. The lowest BCUT2D eigenvalue weighted by Crippen LogP contribution is -2.62. The van der Waals surface area contributed by atoms with Gasteiger partial charge in [0.2, 0.25) is 0 Å². The molecule has 2 aromatic carbocycles. The summed E-state index contributed by atoms with van der Waals surface area (Å²) in [6, 6.07) is 17.7. The molecule has 2 heterocycles. The minimum Gasteiger partial charge on any atom is -0.453 e. The van der Waals surface area contributed by atoms with Crippen LogP contribution in [0, 0.1) is 17.7 Å². The highest BCUT2D eigenvalue weighted by atomic mass is 19.1. The molecule has 2 aliphatic heterocycles. The molecule has 5 rings (SSSR count). The molecule has 2 aromatic rings. The van der Waals surface area contributed by atoms with E-state index >= 15 is 0 Å². The summed E-state index contributed by atoms with van der Waals surface area (Å²) >= 11 is 0. The molecule has 0 bridgehead atoms. The largest absolute Gasteiger partial charge is 0.453 e. The van der Waals surface area contributed by atoms with Crippen LogP contribution in [0.2, 0.25) is 0 Å². The highest BCUT2D eigenvalue weighted by Gasteiger charge is 2.53. The molecule has 1 saturated carbocycles. The van der Waals surface area contributed by atoms with Crippen LogP contribution in [0.25, 0.3) is 0 Å². The Morgan fingerprint density at radius 3 is 2.49 bits per heavy atom. The van der Waals surface area contributed by atoms with E-state index in [0.717, 1.165) is 63.8 Å². The fourth-order valence-corrected chi connectivity index (χ4v) is 7.32. The van der Waals surface area contributed by atoms with E-state index in [1.54, 1.807) is 6.07 Å². The normalized spacial score (nSPS) is 25.4. The summed E-state index contributed by atoms with van der Waals surface area (Å²) in [7, 11) is 1.41. The Kier molecular flexibility index (Phi) is 8.12. The zero-order chi connectivity index (χ0) is 25.8. The molecule has 200 valence electrons. The van der Waals surface area contributed by atoms with E-state index in [1.165, 1.54) is 18.7 Å². The van der Waals surface area contributed by atoms with Gasteiger partial charge in [0.25, 0.3) is 0 Å². The molecule has 2 N–H and O–H groups in total. The van der Waals surface area contributed by atoms with Crippen molar-refractivity contribution in [3.8, 4) is 0 Å². The summed E-state index contributed by atoms with van der Waals surface area (Å²) in [6.45, 7) is 4.97. The number of hydrogen-bond acceptors (Lipinski definition) is 5. The van der Waals surface area contributed by atoms with Crippen LogP contribution in [0.1, 0.15) is 43.2 Å². The van der Waals surface area contributed by atoms with Gasteiger partial charge in [-0.1, -0.05) is 48.9 Å².